The number of aliphatic hydroxyl groups is 1. The van der Waals surface area contributed by atoms with E-state index in [4.69, 9.17) is 0 Å². The Morgan fingerprint density at radius 1 is 0.944 bits per heavy atom. The van der Waals surface area contributed by atoms with Gasteiger partial charge < -0.3 is 5.11 Å². The van der Waals surface area contributed by atoms with Crippen LogP contribution in [0.4, 0.5) is 0 Å². The molecule has 0 aliphatic heterocycles. The van der Waals surface area contributed by atoms with Crippen LogP contribution in [-0.2, 0) is 0 Å². The van der Waals surface area contributed by atoms with E-state index in [-0.39, 0.29) is 6.10 Å². The molecule has 0 heterocycles. The van der Waals surface area contributed by atoms with Crippen LogP contribution in [0.3, 0.4) is 0 Å². The zero-order valence-electron chi connectivity index (χ0n) is 12.4. The van der Waals surface area contributed by atoms with Gasteiger partial charge in [0.2, 0.25) is 0 Å². The molecule has 2 aliphatic rings. The molecular formula is C17H32O. The predicted molar refractivity (Wildman–Crippen MR) is 77.5 cm³/mol. The summed E-state index contributed by atoms with van der Waals surface area (Å²) in [6, 6.07) is 0. The summed E-state index contributed by atoms with van der Waals surface area (Å²) in [5.41, 5.74) is 0. The van der Waals surface area contributed by atoms with Crippen molar-refractivity contribution in [1.82, 2.24) is 0 Å². The maximum atomic E-state index is 10.2. The third-order valence-electron chi connectivity index (χ3n) is 5.60. The SMILES string of the molecule is CC(C)C1CCC(O)C(CCC2CCCCC2)C1. The highest BCUT2D eigenvalue weighted by Gasteiger charge is 2.30. The highest BCUT2D eigenvalue weighted by atomic mass is 16.3. The quantitative estimate of drug-likeness (QED) is 0.763. The standard InChI is InChI=1S/C17H32O/c1-13(2)15-10-11-17(18)16(12-15)9-8-14-6-4-3-5-7-14/h13-18H,3-12H2,1-2H3. The molecule has 2 rings (SSSR count). The molecule has 0 saturated heterocycles. The first-order valence-corrected chi connectivity index (χ1v) is 8.35. The normalized spacial score (nSPS) is 35.0. The van der Waals surface area contributed by atoms with Crippen molar-refractivity contribution >= 4 is 0 Å². The monoisotopic (exact) mass is 252 g/mol. The summed E-state index contributed by atoms with van der Waals surface area (Å²) in [5, 5.41) is 10.2. The van der Waals surface area contributed by atoms with Crippen LogP contribution in [0.1, 0.15) is 78.1 Å². The number of hydrogen-bond acceptors (Lipinski definition) is 1. The molecule has 2 fully saturated rings. The Kier molecular flexibility index (Phi) is 5.54. The van der Waals surface area contributed by atoms with Crippen molar-refractivity contribution in [2.24, 2.45) is 23.7 Å². The van der Waals surface area contributed by atoms with Gasteiger partial charge in [0.15, 0.2) is 0 Å². The van der Waals surface area contributed by atoms with E-state index >= 15 is 0 Å². The lowest BCUT2D eigenvalue weighted by Crippen LogP contribution is -2.31. The smallest absolute Gasteiger partial charge is 0.0568 e. The van der Waals surface area contributed by atoms with E-state index in [9.17, 15) is 5.11 Å². The second kappa shape index (κ2) is 6.93. The maximum Gasteiger partial charge on any atom is 0.0568 e. The minimum Gasteiger partial charge on any atom is -0.393 e. The Hall–Kier alpha value is -0.0400. The molecule has 18 heavy (non-hydrogen) atoms. The molecule has 0 aromatic heterocycles. The minimum absolute atomic E-state index is 0.00332. The van der Waals surface area contributed by atoms with Crippen LogP contribution in [0.25, 0.3) is 0 Å². The first-order chi connectivity index (χ1) is 8.66. The predicted octanol–water partition coefficient (Wildman–Crippen LogP) is 4.78. The van der Waals surface area contributed by atoms with E-state index in [1.54, 1.807) is 0 Å². The number of aliphatic hydroxyl groups excluding tert-OH is 1. The van der Waals surface area contributed by atoms with Crippen molar-refractivity contribution in [2.75, 3.05) is 0 Å². The van der Waals surface area contributed by atoms with E-state index in [0.29, 0.717) is 5.92 Å². The Morgan fingerprint density at radius 2 is 1.67 bits per heavy atom. The van der Waals surface area contributed by atoms with Gasteiger partial charge in [0.05, 0.1) is 6.10 Å². The molecule has 2 saturated carbocycles. The summed E-state index contributed by atoms with van der Waals surface area (Å²) < 4.78 is 0. The molecule has 1 heteroatoms. The molecule has 106 valence electrons. The van der Waals surface area contributed by atoms with E-state index in [0.717, 1.165) is 24.2 Å². The highest BCUT2D eigenvalue weighted by Crippen LogP contribution is 2.38. The van der Waals surface area contributed by atoms with Crippen LogP contribution in [0.2, 0.25) is 0 Å². The fourth-order valence-electron chi connectivity index (χ4n) is 4.13. The third-order valence-corrected chi connectivity index (χ3v) is 5.60. The summed E-state index contributed by atoms with van der Waals surface area (Å²) >= 11 is 0. The zero-order valence-corrected chi connectivity index (χ0v) is 12.4. The van der Waals surface area contributed by atoms with E-state index in [1.165, 1.54) is 57.8 Å². The second-order valence-electron chi connectivity index (χ2n) is 7.23. The first-order valence-electron chi connectivity index (χ1n) is 8.35. The topological polar surface area (TPSA) is 20.2 Å². The molecule has 1 N–H and O–H groups in total. The lowest BCUT2D eigenvalue weighted by molar-refractivity contribution is 0.0297. The van der Waals surface area contributed by atoms with E-state index in [2.05, 4.69) is 13.8 Å². The molecule has 0 spiro atoms. The summed E-state index contributed by atoms with van der Waals surface area (Å²) in [4.78, 5) is 0. The van der Waals surface area contributed by atoms with Crippen LogP contribution in [-0.4, -0.2) is 11.2 Å². The number of hydrogen-bond donors (Lipinski definition) is 1. The average Bonchev–Trinajstić information content (AvgIpc) is 2.38. The molecular weight excluding hydrogens is 220 g/mol. The molecule has 0 aromatic carbocycles. The summed E-state index contributed by atoms with van der Waals surface area (Å²) in [6.45, 7) is 4.70. The molecule has 3 unspecified atom stereocenters. The minimum atomic E-state index is 0.00332. The van der Waals surface area contributed by atoms with Crippen LogP contribution in [0.15, 0.2) is 0 Å². The first kappa shape index (κ1) is 14.4. The summed E-state index contributed by atoms with van der Waals surface area (Å²) in [5.74, 6) is 3.25. The van der Waals surface area contributed by atoms with Gasteiger partial charge in [0, 0.05) is 0 Å². The highest BCUT2D eigenvalue weighted by molar-refractivity contribution is 4.82. The van der Waals surface area contributed by atoms with Gasteiger partial charge in [-0.3, -0.25) is 0 Å². The Morgan fingerprint density at radius 3 is 2.33 bits per heavy atom. The van der Waals surface area contributed by atoms with Crippen molar-refractivity contribution < 1.29 is 5.11 Å². The van der Waals surface area contributed by atoms with Gasteiger partial charge in [0.25, 0.3) is 0 Å². The number of rotatable bonds is 4. The fraction of sp³-hybridized carbons (Fsp3) is 1.00. The molecule has 0 amide bonds. The van der Waals surface area contributed by atoms with Crippen LogP contribution < -0.4 is 0 Å². The van der Waals surface area contributed by atoms with Gasteiger partial charge in [-0.05, 0) is 49.4 Å². The Balaban J connectivity index is 1.75. The van der Waals surface area contributed by atoms with Gasteiger partial charge >= 0.3 is 0 Å². The van der Waals surface area contributed by atoms with Crippen LogP contribution in [0.5, 0.6) is 0 Å². The van der Waals surface area contributed by atoms with E-state index in [1.807, 2.05) is 0 Å². The van der Waals surface area contributed by atoms with Crippen LogP contribution in [0, 0.1) is 23.7 Å². The summed E-state index contributed by atoms with van der Waals surface area (Å²) in [7, 11) is 0. The van der Waals surface area contributed by atoms with Crippen LogP contribution >= 0.6 is 0 Å². The molecule has 0 aromatic rings. The molecule has 2 aliphatic carbocycles. The Labute approximate surface area is 113 Å². The van der Waals surface area contributed by atoms with Gasteiger partial charge in [-0.2, -0.15) is 0 Å². The third kappa shape index (κ3) is 3.98. The van der Waals surface area contributed by atoms with Crippen molar-refractivity contribution in [2.45, 2.75) is 84.2 Å². The maximum absolute atomic E-state index is 10.2. The average molecular weight is 252 g/mol. The van der Waals surface area contributed by atoms with Crippen molar-refractivity contribution in [3.63, 3.8) is 0 Å². The van der Waals surface area contributed by atoms with Crippen molar-refractivity contribution in [3.8, 4) is 0 Å². The largest absolute Gasteiger partial charge is 0.393 e. The zero-order chi connectivity index (χ0) is 13.0. The molecule has 0 radical (unpaired) electrons. The van der Waals surface area contributed by atoms with Gasteiger partial charge in [-0.15, -0.1) is 0 Å². The molecule has 3 atom stereocenters. The van der Waals surface area contributed by atoms with Gasteiger partial charge in [-0.25, -0.2) is 0 Å². The lowest BCUT2D eigenvalue weighted by atomic mass is 9.72. The van der Waals surface area contributed by atoms with Gasteiger partial charge in [0.1, 0.15) is 0 Å². The summed E-state index contributed by atoms with van der Waals surface area (Å²) in [6.07, 6.45) is 13.5. The lowest BCUT2D eigenvalue weighted by Gasteiger charge is -2.36. The van der Waals surface area contributed by atoms with Gasteiger partial charge in [-0.1, -0.05) is 52.4 Å². The van der Waals surface area contributed by atoms with Crippen molar-refractivity contribution in [3.05, 3.63) is 0 Å². The second-order valence-corrected chi connectivity index (χ2v) is 7.23. The molecule has 1 nitrogen and oxygen atoms in total. The van der Waals surface area contributed by atoms with E-state index < -0.39 is 0 Å². The van der Waals surface area contributed by atoms with Crippen molar-refractivity contribution in [1.29, 1.82) is 0 Å². The Bertz CT molecular complexity index is 230. The molecule has 0 bridgehead atoms. The fourth-order valence-corrected chi connectivity index (χ4v) is 4.13.